The fraction of sp³-hybridized carbons (Fsp3) is 0.900. The molecule has 1 unspecified atom stereocenters. The van der Waals surface area contributed by atoms with Gasteiger partial charge in [-0.2, -0.15) is 5.92 Å². The van der Waals surface area contributed by atoms with Crippen molar-refractivity contribution in [1.82, 2.24) is 0 Å². The van der Waals surface area contributed by atoms with E-state index in [9.17, 15) is 0 Å². The van der Waals surface area contributed by atoms with E-state index in [-0.39, 0.29) is 51.3 Å². The normalized spacial score (nSPS) is 11.2. The van der Waals surface area contributed by atoms with Crippen molar-refractivity contribution in [2.75, 3.05) is 0 Å². The summed E-state index contributed by atoms with van der Waals surface area (Å²) in [5, 5.41) is 0. The SMILES string of the molecule is I.[CH2-]C(C)CCCCCCC.[Cd]. The van der Waals surface area contributed by atoms with Crippen molar-refractivity contribution in [3.63, 3.8) is 0 Å². The molecule has 0 nitrogen and oxygen atoms in total. The van der Waals surface area contributed by atoms with Gasteiger partial charge < -0.3 is 6.92 Å². The van der Waals surface area contributed by atoms with E-state index in [1.165, 1.54) is 38.5 Å². The van der Waals surface area contributed by atoms with Gasteiger partial charge in [-0.3, -0.25) is 0 Å². The number of hydrogen-bond acceptors (Lipinski definition) is 0. The van der Waals surface area contributed by atoms with Crippen molar-refractivity contribution in [3.8, 4) is 0 Å². The van der Waals surface area contributed by atoms with Crippen LogP contribution in [0.4, 0.5) is 0 Å². The van der Waals surface area contributed by atoms with Crippen LogP contribution in [-0.4, -0.2) is 0 Å². The molecule has 72 valence electrons. The first-order chi connectivity index (χ1) is 4.77. The Morgan fingerprint density at radius 3 is 2.00 bits per heavy atom. The Morgan fingerprint density at radius 1 is 1.08 bits per heavy atom. The summed E-state index contributed by atoms with van der Waals surface area (Å²) < 4.78 is 0. The first-order valence-electron chi connectivity index (χ1n) is 4.60. The molecule has 0 aliphatic carbocycles. The van der Waals surface area contributed by atoms with Gasteiger partial charge in [-0.15, -0.1) is 24.0 Å². The monoisotopic (exact) mass is 383 g/mol. The van der Waals surface area contributed by atoms with E-state index < -0.39 is 0 Å². The maximum absolute atomic E-state index is 3.96. The quantitative estimate of drug-likeness (QED) is 0.276. The number of rotatable bonds is 6. The van der Waals surface area contributed by atoms with Crippen molar-refractivity contribution in [3.05, 3.63) is 6.92 Å². The third-order valence-electron chi connectivity index (χ3n) is 1.80. The van der Waals surface area contributed by atoms with Crippen LogP contribution in [0, 0.1) is 12.8 Å². The van der Waals surface area contributed by atoms with Crippen LogP contribution in [0.2, 0.25) is 0 Å². The molecule has 0 heterocycles. The second-order valence-electron chi connectivity index (χ2n) is 3.31. The van der Waals surface area contributed by atoms with Crippen LogP contribution in [0.1, 0.15) is 52.4 Å². The van der Waals surface area contributed by atoms with Gasteiger partial charge in [-0.1, -0.05) is 52.4 Å². The fourth-order valence-electron chi connectivity index (χ4n) is 1.10. The molecule has 0 bridgehead atoms. The molecular formula is C10H22CdI-. The van der Waals surface area contributed by atoms with E-state index in [4.69, 9.17) is 0 Å². The zero-order valence-electron chi connectivity index (χ0n) is 8.64. The average molecular weight is 382 g/mol. The van der Waals surface area contributed by atoms with Crippen molar-refractivity contribution >= 4 is 24.0 Å². The van der Waals surface area contributed by atoms with Crippen molar-refractivity contribution < 1.29 is 27.3 Å². The number of hydrogen-bond donors (Lipinski definition) is 0. The predicted molar refractivity (Wildman–Crippen MR) is 63.3 cm³/mol. The van der Waals surface area contributed by atoms with Crippen LogP contribution < -0.4 is 0 Å². The Bertz CT molecular complexity index is 64.9. The first-order valence-corrected chi connectivity index (χ1v) is 4.60. The van der Waals surface area contributed by atoms with Gasteiger partial charge >= 0.3 is 0 Å². The molecule has 0 aliphatic heterocycles. The van der Waals surface area contributed by atoms with Crippen LogP contribution in [0.25, 0.3) is 0 Å². The van der Waals surface area contributed by atoms with Crippen molar-refractivity contribution in [1.29, 1.82) is 0 Å². The third-order valence-corrected chi connectivity index (χ3v) is 1.80. The van der Waals surface area contributed by atoms with Gasteiger partial charge in [0.1, 0.15) is 0 Å². The van der Waals surface area contributed by atoms with Gasteiger partial charge in [-0.05, 0) is 0 Å². The third kappa shape index (κ3) is 17.7. The fourth-order valence-corrected chi connectivity index (χ4v) is 1.10. The predicted octanol–water partition coefficient (Wildman–Crippen LogP) is 4.43. The van der Waals surface area contributed by atoms with E-state index in [0.717, 1.165) is 0 Å². The standard InChI is InChI=1S/C10H21.Cd.HI/c1-4-5-6-7-8-9-10(2)3;;/h10H,2,4-9H2,1,3H3;;1H/q-1;;. The van der Waals surface area contributed by atoms with E-state index >= 15 is 0 Å². The van der Waals surface area contributed by atoms with Crippen LogP contribution in [-0.2, 0) is 27.3 Å². The largest absolute Gasteiger partial charge is 0.341 e. The maximum atomic E-state index is 3.96. The average Bonchev–Trinajstić information content (AvgIpc) is 1.87. The van der Waals surface area contributed by atoms with Gasteiger partial charge in [0, 0.05) is 27.3 Å². The Hall–Kier alpha value is 1.65. The topological polar surface area (TPSA) is 0 Å². The summed E-state index contributed by atoms with van der Waals surface area (Å²) in [6, 6.07) is 0. The minimum Gasteiger partial charge on any atom is -0.341 e. The van der Waals surface area contributed by atoms with Crippen LogP contribution >= 0.6 is 24.0 Å². The Labute approximate surface area is 115 Å². The van der Waals surface area contributed by atoms with Gasteiger partial charge in [-0.25, -0.2) is 0 Å². The molecular weight excluding hydrogens is 359 g/mol. The molecule has 0 saturated carbocycles. The molecule has 0 aliphatic rings. The molecule has 2 heteroatoms. The molecule has 0 spiro atoms. The molecule has 0 radical (unpaired) electrons. The molecule has 0 amide bonds. The Kier molecular flexibility index (Phi) is 24.3. The minimum absolute atomic E-state index is 0. The van der Waals surface area contributed by atoms with Crippen LogP contribution in [0.3, 0.4) is 0 Å². The van der Waals surface area contributed by atoms with E-state index in [1.807, 2.05) is 0 Å². The second-order valence-corrected chi connectivity index (χ2v) is 3.31. The summed E-state index contributed by atoms with van der Waals surface area (Å²) >= 11 is 0. The first kappa shape index (κ1) is 19.3. The summed E-state index contributed by atoms with van der Waals surface area (Å²) in [6.07, 6.45) is 8.27. The summed E-state index contributed by atoms with van der Waals surface area (Å²) in [5.41, 5.74) is 0. The summed E-state index contributed by atoms with van der Waals surface area (Å²) in [7, 11) is 0. The minimum atomic E-state index is 0. The van der Waals surface area contributed by atoms with Gasteiger partial charge in [0.2, 0.25) is 0 Å². The van der Waals surface area contributed by atoms with Crippen molar-refractivity contribution in [2.45, 2.75) is 52.4 Å². The molecule has 1 atom stereocenters. The van der Waals surface area contributed by atoms with E-state index in [2.05, 4.69) is 20.8 Å². The van der Waals surface area contributed by atoms with Gasteiger partial charge in [0.25, 0.3) is 0 Å². The zero-order chi connectivity index (χ0) is 7.82. The smallest absolute Gasteiger partial charge is 0 e. The Balaban J connectivity index is -0.000000405. The van der Waals surface area contributed by atoms with Gasteiger partial charge in [0.15, 0.2) is 0 Å². The molecule has 0 aromatic heterocycles. The number of halogens is 1. The van der Waals surface area contributed by atoms with E-state index in [1.54, 1.807) is 0 Å². The Morgan fingerprint density at radius 2 is 1.58 bits per heavy atom. The maximum Gasteiger partial charge on any atom is 0 e. The van der Waals surface area contributed by atoms with Crippen LogP contribution in [0.5, 0.6) is 0 Å². The van der Waals surface area contributed by atoms with Crippen LogP contribution in [0.15, 0.2) is 0 Å². The van der Waals surface area contributed by atoms with Crippen molar-refractivity contribution in [2.24, 2.45) is 5.92 Å². The molecule has 0 rings (SSSR count). The summed E-state index contributed by atoms with van der Waals surface area (Å²) in [4.78, 5) is 0. The molecule has 0 aromatic carbocycles. The molecule has 0 N–H and O–H groups in total. The van der Waals surface area contributed by atoms with E-state index in [0.29, 0.717) is 5.92 Å². The molecule has 0 saturated heterocycles. The molecule has 0 aromatic rings. The summed E-state index contributed by atoms with van der Waals surface area (Å²) in [6.45, 7) is 8.40. The second kappa shape index (κ2) is 15.1. The number of unbranched alkanes of at least 4 members (excludes halogenated alkanes) is 4. The molecule has 0 fully saturated rings. The zero-order valence-corrected chi connectivity index (χ0v) is 15.0. The summed E-state index contributed by atoms with van der Waals surface area (Å²) in [5.74, 6) is 0.654. The van der Waals surface area contributed by atoms with Gasteiger partial charge in [0.05, 0.1) is 0 Å². The molecule has 12 heavy (non-hydrogen) atoms.